The number of halogens is 1. The lowest BCUT2D eigenvalue weighted by atomic mass is 10.3. The van der Waals surface area contributed by atoms with Crippen LogP contribution in [-0.4, -0.2) is 15.0 Å². The molecule has 7 heteroatoms. The maximum atomic E-state index is 5.92. The maximum absolute atomic E-state index is 5.92. The summed E-state index contributed by atoms with van der Waals surface area (Å²) in [5.41, 5.74) is 7.10. The summed E-state index contributed by atoms with van der Waals surface area (Å²) in [4.78, 5) is 13.6. The summed E-state index contributed by atoms with van der Waals surface area (Å²) in [6, 6.07) is 0.0244. The molecule has 2 aromatic rings. The highest BCUT2D eigenvalue weighted by molar-refractivity contribution is 7.11. The highest BCUT2D eigenvalue weighted by atomic mass is 35.5. The number of nitrogens with two attached hydrogens (primary N) is 1. The average molecular weight is 284 g/mol. The van der Waals surface area contributed by atoms with Gasteiger partial charge in [0.25, 0.3) is 0 Å². The lowest BCUT2D eigenvalue weighted by Gasteiger charge is -2.14. The maximum Gasteiger partial charge on any atom is 0.224 e. The van der Waals surface area contributed by atoms with E-state index in [1.165, 1.54) is 4.88 Å². The van der Waals surface area contributed by atoms with Crippen LogP contribution in [0.1, 0.15) is 28.5 Å². The Hall–Kier alpha value is -1.40. The number of hydrogen-bond acceptors (Lipinski definition) is 6. The van der Waals surface area contributed by atoms with Gasteiger partial charge in [-0.25, -0.2) is 9.97 Å². The summed E-state index contributed by atoms with van der Waals surface area (Å²) in [5.74, 6) is 0.549. The monoisotopic (exact) mass is 283 g/mol. The highest BCUT2D eigenvalue weighted by Gasteiger charge is 2.14. The predicted molar refractivity (Wildman–Crippen MR) is 75.1 cm³/mol. The van der Waals surface area contributed by atoms with Gasteiger partial charge in [0.1, 0.15) is 5.01 Å². The number of nitrogen functional groups attached to an aromatic ring is 1. The van der Waals surface area contributed by atoms with Crippen molar-refractivity contribution in [1.82, 2.24) is 15.0 Å². The molecule has 0 aliphatic carbocycles. The van der Waals surface area contributed by atoms with Gasteiger partial charge < -0.3 is 11.1 Å². The van der Waals surface area contributed by atoms with Crippen LogP contribution in [0.2, 0.25) is 5.28 Å². The zero-order valence-electron chi connectivity index (χ0n) is 10.4. The van der Waals surface area contributed by atoms with Gasteiger partial charge in [-0.15, -0.1) is 11.3 Å². The first-order chi connectivity index (χ1) is 8.47. The van der Waals surface area contributed by atoms with E-state index in [0.717, 1.165) is 5.01 Å². The fourth-order valence-corrected chi connectivity index (χ4v) is 2.48. The normalized spacial score (nSPS) is 12.4. The molecule has 0 aromatic carbocycles. The van der Waals surface area contributed by atoms with E-state index in [2.05, 4.69) is 20.3 Å². The molecule has 5 nitrogen and oxygen atoms in total. The molecule has 0 aliphatic rings. The van der Waals surface area contributed by atoms with Crippen molar-refractivity contribution >= 4 is 34.4 Å². The Bertz CT molecular complexity index is 569. The predicted octanol–water partition coefficient (Wildman–Crippen LogP) is 2.96. The molecule has 0 radical (unpaired) electrons. The van der Waals surface area contributed by atoms with Gasteiger partial charge in [-0.05, 0) is 32.4 Å². The topological polar surface area (TPSA) is 76.7 Å². The fourth-order valence-electron chi connectivity index (χ4n) is 1.50. The van der Waals surface area contributed by atoms with E-state index in [-0.39, 0.29) is 11.3 Å². The molecule has 96 valence electrons. The number of nitrogens with one attached hydrogen (secondary N) is 1. The highest BCUT2D eigenvalue weighted by Crippen LogP contribution is 2.27. The Morgan fingerprint density at radius 3 is 2.72 bits per heavy atom. The molecule has 18 heavy (non-hydrogen) atoms. The van der Waals surface area contributed by atoms with Crippen molar-refractivity contribution < 1.29 is 0 Å². The third-order valence-corrected chi connectivity index (χ3v) is 3.74. The lowest BCUT2D eigenvalue weighted by Crippen LogP contribution is -2.11. The van der Waals surface area contributed by atoms with E-state index in [4.69, 9.17) is 17.3 Å². The third-order valence-electron chi connectivity index (χ3n) is 2.47. The minimum atomic E-state index is 0.0244. The van der Waals surface area contributed by atoms with Crippen LogP contribution < -0.4 is 11.1 Å². The molecule has 0 amide bonds. The third kappa shape index (κ3) is 2.70. The van der Waals surface area contributed by atoms with Crippen molar-refractivity contribution in [3.8, 4) is 0 Å². The van der Waals surface area contributed by atoms with E-state index in [0.29, 0.717) is 17.2 Å². The quantitative estimate of drug-likeness (QED) is 0.847. The zero-order chi connectivity index (χ0) is 13.3. The molecule has 0 fully saturated rings. The van der Waals surface area contributed by atoms with Gasteiger partial charge in [-0.3, -0.25) is 0 Å². The van der Waals surface area contributed by atoms with Crippen LogP contribution in [0.5, 0.6) is 0 Å². The molecule has 0 aliphatic heterocycles. The van der Waals surface area contributed by atoms with Gasteiger partial charge in [0, 0.05) is 11.1 Å². The Labute approximate surface area is 114 Å². The number of aromatic nitrogens is 3. The van der Waals surface area contributed by atoms with Crippen LogP contribution in [-0.2, 0) is 0 Å². The van der Waals surface area contributed by atoms with Crippen LogP contribution in [0.4, 0.5) is 11.5 Å². The number of rotatable bonds is 3. The molecule has 1 unspecified atom stereocenters. The SMILES string of the molecule is Cc1cnc(C(C)Nc2nc(Cl)nc(C)c2N)s1. The van der Waals surface area contributed by atoms with Crippen molar-refractivity contribution in [2.45, 2.75) is 26.8 Å². The van der Waals surface area contributed by atoms with E-state index < -0.39 is 0 Å². The van der Waals surface area contributed by atoms with Crippen LogP contribution in [0.15, 0.2) is 6.20 Å². The lowest BCUT2D eigenvalue weighted by molar-refractivity contribution is 0.858. The van der Waals surface area contributed by atoms with Crippen molar-refractivity contribution in [2.24, 2.45) is 0 Å². The smallest absolute Gasteiger partial charge is 0.224 e. The minimum Gasteiger partial charge on any atom is -0.394 e. The van der Waals surface area contributed by atoms with Crippen LogP contribution in [0, 0.1) is 13.8 Å². The molecule has 0 saturated heterocycles. The number of nitrogens with zero attached hydrogens (tertiary/aromatic N) is 3. The van der Waals surface area contributed by atoms with Gasteiger partial charge in [0.15, 0.2) is 5.82 Å². The second-order valence-electron chi connectivity index (χ2n) is 4.02. The molecule has 3 N–H and O–H groups in total. The van der Waals surface area contributed by atoms with E-state index in [9.17, 15) is 0 Å². The summed E-state index contributed by atoms with van der Waals surface area (Å²) in [7, 11) is 0. The Morgan fingerprint density at radius 1 is 1.39 bits per heavy atom. The standard InChI is InChI=1S/C11H14ClN5S/c1-5-4-14-10(18-5)7(3)15-9-8(13)6(2)16-11(12)17-9/h4,7H,13H2,1-3H3,(H,15,16,17). The minimum absolute atomic E-state index is 0.0244. The zero-order valence-corrected chi connectivity index (χ0v) is 11.9. The number of anilines is 2. The first-order valence-electron chi connectivity index (χ1n) is 5.46. The van der Waals surface area contributed by atoms with Gasteiger partial charge >= 0.3 is 0 Å². The van der Waals surface area contributed by atoms with Crippen molar-refractivity contribution in [1.29, 1.82) is 0 Å². The Kier molecular flexibility index (Phi) is 3.68. The Morgan fingerprint density at radius 2 is 2.11 bits per heavy atom. The van der Waals surface area contributed by atoms with Gasteiger partial charge in [-0.1, -0.05) is 0 Å². The molecule has 0 spiro atoms. The second-order valence-corrected chi connectivity index (χ2v) is 5.62. The molecule has 2 heterocycles. The van der Waals surface area contributed by atoms with E-state index in [1.54, 1.807) is 18.3 Å². The number of thiazole rings is 1. The van der Waals surface area contributed by atoms with Crippen molar-refractivity contribution in [3.63, 3.8) is 0 Å². The molecular formula is C11H14ClN5S. The molecule has 1 atom stereocenters. The summed E-state index contributed by atoms with van der Waals surface area (Å²) < 4.78 is 0. The van der Waals surface area contributed by atoms with Gasteiger partial charge in [0.05, 0.1) is 17.4 Å². The average Bonchev–Trinajstić information content (AvgIpc) is 2.72. The molecule has 0 bridgehead atoms. The van der Waals surface area contributed by atoms with E-state index in [1.807, 2.05) is 20.0 Å². The van der Waals surface area contributed by atoms with Crippen LogP contribution in [0.3, 0.4) is 0 Å². The molecule has 0 saturated carbocycles. The first kappa shape index (κ1) is 13.0. The largest absolute Gasteiger partial charge is 0.394 e. The fraction of sp³-hybridized carbons (Fsp3) is 0.364. The van der Waals surface area contributed by atoms with E-state index >= 15 is 0 Å². The van der Waals surface area contributed by atoms with Crippen LogP contribution >= 0.6 is 22.9 Å². The van der Waals surface area contributed by atoms with Gasteiger partial charge in [-0.2, -0.15) is 4.98 Å². The number of hydrogen-bond donors (Lipinski definition) is 2. The first-order valence-corrected chi connectivity index (χ1v) is 6.65. The summed E-state index contributed by atoms with van der Waals surface area (Å²) in [6.45, 7) is 5.82. The summed E-state index contributed by atoms with van der Waals surface area (Å²) in [5, 5.41) is 4.38. The second kappa shape index (κ2) is 5.07. The summed E-state index contributed by atoms with van der Waals surface area (Å²) in [6.07, 6.45) is 1.85. The molecule has 2 rings (SSSR count). The molecule has 2 aromatic heterocycles. The number of aryl methyl sites for hydroxylation is 2. The van der Waals surface area contributed by atoms with Crippen LogP contribution in [0.25, 0.3) is 0 Å². The molecular weight excluding hydrogens is 270 g/mol. The summed E-state index contributed by atoms with van der Waals surface area (Å²) >= 11 is 7.46. The van der Waals surface area contributed by atoms with Gasteiger partial charge in [0.2, 0.25) is 5.28 Å². The van der Waals surface area contributed by atoms with Crippen molar-refractivity contribution in [2.75, 3.05) is 11.1 Å². The Balaban J connectivity index is 2.24. The van der Waals surface area contributed by atoms with Crippen molar-refractivity contribution in [3.05, 3.63) is 27.1 Å².